The van der Waals surface area contributed by atoms with Crippen LogP contribution in [-0.2, 0) is 4.74 Å². The van der Waals surface area contributed by atoms with Crippen molar-refractivity contribution < 1.29 is 9.53 Å². The number of aromatic nitrogens is 1. The Balaban J connectivity index is 2.52. The number of pyridine rings is 1. The topological polar surface area (TPSA) is 39.2 Å². The molecule has 0 aliphatic rings. The summed E-state index contributed by atoms with van der Waals surface area (Å²) >= 11 is 1.67. The highest BCUT2D eigenvalue weighted by molar-refractivity contribution is 7.99. The molecule has 0 aliphatic heterocycles. The van der Waals surface area contributed by atoms with Gasteiger partial charge in [-0.05, 0) is 12.1 Å². The first kappa shape index (κ1) is 12.2. The quantitative estimate of drug-likeness (QED) is 0.423. The minimum Gasteiger partial charge on any atom is -0.384 e. The molecule has 0 atom stereocenters. The lowest BCUT2D eigenvalue weighted by Crippen LogP contribution is -1.99. The van der Waals surface area contributed by atoms with Crippen molar-refractivity contribution in [1.29, 1.82) is 0 Å². The summed E-state index contributed by atoms with van der Waals surface area (Å²) in [6.07, 6.45) is 2.24. The second-order valence-corrected chi connectivity index (χ2v) is 4.17. The van der Waals surface area contributed by atoms with Crippen molar-refractivity contribution in [1.82, 2.24) is 4.98 Å². The molecule has 1 aromatic rings. The van der Waals surface area contributed by atoms with Gasteiger partial charge in [0.25, 0.3) is 0 Å². The fourth-order valence-electron chi connectivity index (χ4n) is 1.05. The number of nitrogens with zero attached hydrogens (tertiary/aromatic N) is 1. The van der Waals surface area contributed by atoms with Crippen LogP contribution in [0.1, 0.15) is 23.8 Å². The van der Waals surface area contributed by atoms with Gasteiger partial charge in [-0.1, -0.05) is 6.92 Å². The summed E-state index contributed by atoms with van der Waals surface area (Å²) in [6, 6.07) is 3.71. The number of ketones is 1. The van der Waals surface area contributed by atoms with E-state index in [1.807, 2.05) is 13.0 Å². The van der Waals surface area contributed by atoms with E-state index in [4.69, 9.17) is 4.74 Å². The predicted molar refractivity (Wildman–Crippen MR) is 61.5 cm³/mol. The van der Waals surface area contributed by atoms with Crippen molar-refractivity contribution in [2.24, 2.45) is 0 Å². The van der Waals surface area contributed by atoms with Crippen molar-refractivity contribution in [3.05, 3.63) is 24.0 Å². The van der Waals surface area contributed by atoms with Crippen LogP contribution in [0.5, 0.6) is 0 Å². The smallest absolute Gasteiger partial charge is 0.180 e. The van der Waals surface area contributed by atoms with Crippen LogP contribution in [0.2, 0.25) is 0 Å². The molecule has 0 saturated heterocycles. The molecule has 0 amide bonds. The summed E-state index contributed by atoms with van der Waals surface area (Å²) in [5.74, 6) is 0.989. The third-order valence-corrected chi connectivity index (χ3v) is 2.84. The number of hydrogen-bond acceptors (Lipinski definition) is 4. The van der Waals surface area contributed by atoms with Crippen LogP contribution in [0.4, 0.5) is 0 Å². The maximum atomic E-state index is 11.3. The zero-order valence-corrected chi connectivity index (χ0v) is 9.84. The second kappa shape index (κ2) is 6.58. The van der Waals surface area contributed by atoms with E-state index in [0.29, 0.717) is 12.1 Å². The molecule has 1 rings (SSSR count). The SMILES string of the molecule is CCC(=O)c1ccc(SCCOC)cn1. The molecule has 0 N–H and O–H groups in total. The zero-order chi connectivity index (χ0) is 11.1. The van der Waals surface area contributed by atoms with Crippen molar-refractivity contribution in [3.63, 3.8) is 0 Å². The standard InChI is InChI=1S/C11H15NO2S/c1-3-11(13)10-5-4-9(8-12-10)15-7-6-14-2/h4-5,8H,3,6-7H2,1-2H3. The molecular weight excluding hydrogens is 210 g/mol. The molecule has 0 saturated carbocycles. The average molecular weight is 225 g/mol. The molecule has 0 aromatic carbocycles. The predicted octanol–water partition coefficient (Wildman–Crippen LogP) is 2.41. The van der Waals surface area contributed by atoms with Crippen LogP contribution in [0.15, 0.2) is 23.2 Å². The molecule has 82 valence electrons. The van der Waals surface area contributed by atoms with E-state index in [-0.39, 0.29) is 5.78 Å². The van der Waals surface area contributed by atoms with Crippen LogP contribution < -0.4 is 0 Å². The minimum atomic E-state index is 0.0865. The number of hydrogen-bond donors (Lipinski definition) is 0. The Morgan fingerprint density at radius 3 is 2.87 bits per heavy atom. The molecule has 4 heteroatoms. The zero-order valence-electron chi connectivity index (χ0n) is 9.03. The highest BCUT2D eigenvalue weighted by atomic mass is 32.2. The summed E-state index contributed by atoms with van der Waals surface area (Å²) in [5, 5.41) is 0. The van der Waals surface area contributed by atoms with E-state index in [2.05, 4.69) is 4.98 Å². The van der Waals surface area contributed by atoms with Gasteiger partial charge in [-0.15, -0.1) is 11.8 Å². The molecule has 0 unspecified atom stereocenters. The highest BCUT2D eigenvalue weighted by Crippen LogP contribution is 2.16. The molecule has 0 aliphatic carbocycles. The number of ether oxygens (including phenoxy) is 1. The second-order valence-electron chi connectivity index (χ2n) is 3.00. The van der Waals surface area contributed by atoms with Gasteiger partial charge < -0.3 is 4.74 Å². The van der Waals surface area contributed by atoms with E-state index < -0.39 is 0 Å². The molecule has 3 nitrogen and oxygen atoms in total. The Morgan fingerprint density at radius 2 is 2.33 bits per heavy atom. The lowest BCUT2D eigenvalue weighted by molar-refractivity contribution is 0.0983. The maximum Gasteiger partial charge on any atom is 0.180 e. The number of methoxy groups -OCH3 is 1. The van der Waals surface area contributed by atoms with Crippen molar-refractivity contribution in [2.45, 2.75) is 18.2 Å². The molecule has 0 bridgehead atoms. The maximum absolute atomic E-state index is 11.3. The van der Waals surface area contributed by atoms with Crippen molar-refractivity contribution >= 4 is 17.5 Å². The van der Waals surface area contributed by atoms with Gasteiger partial charge in [0.15, 0.2) is 5.78 Å². The fourth-order valence-corrected chi connectivity index (χ4v) is 1.83. The van der Waals surface area contributed by atoms with E-state index in [1.165, 1.54) is 0 Å². The van der Waals surface area contributed by atoms with Gasteiger partial charge in [0.2, 0.25) is 0 Å². The minimum absolute atomic E-state index is 0.0865. The van der Waals surface area contributed by atoms with E-state index in [0.717, 1.165) is 17.3 Å². The third kappa shape index (κ3) is 4.01. The largest absolute Gasteiger partial charge is 0.384 e. The first-order valence-electron chi connectivity index (χ1n) is 4.89. The summed E-state index contributed by atoms with van der Waals surface area (Å²) in [4.78, 5) is 16.5. The van der Waals surface area contributed by atoms with Crippen LogP contribution in [-0.4, -0.2) is 30.2 Å². The molecular formula is C11H15NO2S. The Morgan fingerprint density at radius 1 is 1.53 bits per heavy atom. The Kier molecular flexibility index (Phi) is 5.36. The third-order valence-electron chi connectivity index (χ3n) is 1.90. The van der Waals surface area contributed by atoms with Crippen LogP contribution in [0.25, 0.3) is 0 Å². The number of carbonyl (C=O) groups excluding carboxylic acids is 1. The summed E-state index contributed by atoms with van der Waals surface area (Å²) < 4.78 is 4.95. The molecule has 0 fully saturated rings. The molecule has 1 aromatic heterocycles. The monoisotopic (exact) mass is 225 g/mol. The Bertz CT molecular complexity index is 311. The summed E-state index contributed by atoms with van der Waals surface area (Å²) in [7, 11) is 1.68. The van der Waals surface area contributed by atoms with Crippen molar-refractivity contribution in [2.75, 3.05) is 19.5 Å². The Labute approximate surface area is 94.2 Å². The fraction of sp³-hybridized carbons (Fsp3) is 0.455. The highest BCUT2D eigenvalue weighted by Gasteiger charge is 2.03. The molecule has 0 spiro atoms. The van der Waals surface area contributed by atoms with E-state index in [1.54, 1.807) is 31.1 Å². The van der Waals surface area contributed by atoms with Crippen molar-refractivity contribution in [3.8, 4) is 0 Å². The summed E-state index contributed by atoms with van der Waals surface area (Å²) in [6.45, 7) is 2.56. The van der Waals surface area contributed by atoms with E-state index >= 15 is 0 Å². The molecule has 15 heavy (non-hydrogen) atoms. The van der Waals surface area contributed by atoms with Gasteiger partial charge >= 0.3 is 0 Å². The van der Waals surface area contributed by atoms with Gasteiger partial charge in [0.05, 0.1) is 6.61 Å². The van der Waals surface area contributed by atoms with Crippen LogP contribution >= 0.6 is 11.8 Å². The molecule has 1 heterocycles. The van der Waals surface area contributed by atoms with Crippen LogP contribution in [0, 0.1) is 0 Å². The van der Waals surface area contributed by atoms with Gasteiger partial charge in [-0.25, -0.2) is 0 Å². The number of Topliss-reactive ketones (excluding diaryl/α,β-unsaturated/α-hetero) is 1. The lowest BCUT2D eigenvalue weighted by Gasteiger charge is -2.01. The average Bonchev–Trinajstić information content (AvgIpc) is 2.29. The van der Waals surface area contributed by atoms with E-state index in [9.17, 15) is 4.79 Å². The number of thioether (sulfide) groups is 1. The lowest BCUT2D eigenvalue weighted by atomic mass is 10.2. The Hall–Kier alpha value is -0.870. The normalized spacial score (nSPS) is 10.3. The van der Waals surface area contributed by atoms with Gasteiger partial charge in [0, 0.05) is 30.4 Å². The molecule has 0 radical (unpaired) electrons. The van der Waals surface area contributed by atoms with Gasteiger partial charge in [-0.3, -0.25) is 9.78 Å². The first-order chi connectivity index (χ1) is 7.27. The first-order valence-corrected chi connectivity index (χ1v) is 5.87. The summed E-state index contributed by atoms with van der Waals surface area (Å²) in [5.41, 5.74) is 0.550. The number of carbonyl (C=O) groups is 1. The van der Waals surface area contributed by atoms with Gasteiger partial charge in [0.1, 0.15) is 5.69 Å². The number of rotatable bonds is 6. The van der Waals surface area contributed by atoms with Gasteiger partial charge in [-0.2, -0.15) is 0 Å². The van der Waals surface area contributed by atoms with Crippen LogP contribution in [0.3, 0.4) is 0 Å².